The van der Waals surface area contributed by atoms with E-state index >= 15 is 0 Å². The highest BCUT2D eigenvalue weighted by Gasteiger charge is 2.26. The van der Waals surface area contributed by atoms with Crippen LogP contribution >= 0.6 is 0 Å². The van der Waals surface area contributed by atoms with E-state index < -0.39 is 12.3 Å². The Balaban J connectivity index is 4.19. The fourth-order valence-corrected chi connectivity index (χ4v) is 1.76. The smallest absolute Gasteiger partial charge is 0.0978 e. The van der Waals surface area contributed by atoms with E-state index in [2.05, 4.69) is 0 Å². The highest BCUT2D eigenvalue weighted by atomic mass is 19.1. The molecule has 0 spiro atoms. The van der Waals surface area contributed by atoms with E-state index in [0.29, 0.717) is 19.6 Å². The molecule has 4 unspecified atom stereocenters. The van der Waals surface area contributed by atoms with Crippen LogP contribution in [0, 0.1) is 11.8 Å². The molecule has 92 valence electrons. The summed E-state index contributed by atoms with van der Waals surface area (Å²) in [4.78, 5) is 0. The van der Waals surface area contributed by atoms with Crippen LogP contribution in [0.4, 0.5) is 4.39 Å². The number of methoxy groups -OCH3 is 2. The highest BCUT2D eigenvalue weighted by molar-refractivity contribution is 4.75. The van der Waals surface area contributed by atoms with Gasteiger partial charge in [-0.3, -0.25) is 0 Å². The van der Waals surface area contributed by atoms with Gasteiger partial charge in [0.15, 0.2) is 0 Å². The molecular weight excluding hydrogens is 199 g/mol. The molecule has 0 aliphatic rings. The number of aliphatic hydroxyl groups excluding tert-OH is 1. The molecule has 0 aromatic rings. The summed E-state index contributed by atoms with van der Waals surface area (Å²) in [6, 6.07) is 0. The van der Waals surface area contributed by atoms with Crippen molar-refractivity contribution in [2.45, 2.75) is 32.5 Å². The van der Waals surface area contributed by atoms with Crippen LogP contribution in [0.5, 0.6) is 0 Å². The van der Waals surface area contributed by atoms with Crippen LogP contribution in [-0.4, -0.2) is 44.8 Å². The summed E-state index contributed by atoms with van der Waals surface area (Å²) < 4.78 is 22.8. The maximum Gasteiger partial charge on any atom is 0.0978 e. The molecule has 0 amide bonds. The summed E-state index contributed by atoms with van der Waals surface area (Å²) in [6.07, 6.45) is -1.18. The molecule has 0 radical (unpaired) electrons. The summed E-state index contributed by atoms with van der Waals surface area (Å²) >= 11 is 0. The lowest BCUT2D eigenvalue weighted by Gasteiger charge is -2.27. The normalized spacial score (nSPS) is 19.6. The van der Waals surface area contributed by atoms with Crippen LogP contribution in [0.3, 0.4) is 0 Å². The van der Waals surface area contributed by atoms with Gasteiger partial charge in [0, 0.05) is 26.1 Å². The first kappa shape index (κ1) is 14.8. The second-order valence-corrected chi connectivity index (χ2v) is 4.16. The lowest BCUT2D eigenvalue weighted by atomic mass is 9.89. The highest BCUT2D eigenvalue weighted by Crippen LogP contribution is 2.20. The van der Waals surface area contributed by atoms with E-state index in [4.69, 9.17) is 9.47 Å². The minimum absolute atomic E-state index is 0.00565. The van der Waals surface area contributed by atoms with Crippen molar-refractivity contribution in [1.29, 1.82) is 0 Å². The molecule has 0 saturated heterocycles. The third-order valence-electron chi connectivity index (χ3n) is 2.50. The molecule has 0 rings (SSSR count). The molecule has 0 saturated carbocycles. The van der Waals surface area contributed by atoms with Crippen LogP contribution < -0.4 is 0 Å². The molecular formula is C11H23FO3. The van der Waals surface area contributed by atoms with Crippen LogP contribution in [0.1, 0.15) is 20.3 Å². The van der Waals surface area contributed by atoms with Crippen molar-refractivity contribution in [3.8, 4) is 0 Å². The van der Waals surface area contributed by atoms with E-state index in [1.54, 1.807) is 14.2 Å². The van der Waals surface area contributed by atoms with Crippen molar-refractivity contribution in [2.75, 3.05) is 27.4 Å². The fraction of sp³-hybridized carbons (Fsp3) is 1.00. The Bertz CT molecular complexity index is 153. The van der Waals surface area contributed by atoms with Crippen molar-refractivity contribution in [3.05, 3.63) is 0 Å². The molecule has 0 heterocycles. The van der Waals surface area contributed by atoms with Gasteiger partial charge in [-0.25, -0.2) is 4.39 Å². The first-order valence-electron chi connectivity index (χ1n) is 5.32. The molecule has 0 aromatic heterocycles. The minimum atomic E-state index is -0.922. The summed E-state index contributed by atoms with van der Waals surface area (Å²) in [7, 11) is 3.15. The van der Waals surface area contributed by atoms with Gasteiger partial charge < -0.3 is 14.6 Å². The van der Waals surface area contributed by atoms with Gasteiger partial charge in [-0.1, -0.05) is 6.92 Å². The second kappa shape index (κ2) is 8.02. The van der Waals surface area contributed by atoms with E-state index in [9.17, 15) is 9.50 Å². The SMILES string of the molecule is COCC(C)C(O)C(COC)CC(C)F. The molecule has 4 heteroatoms. The Labute approximate surface area is 91.6 Å². The van der Waals surface area contributed by atoms with E-state index in [1.165, 1.54) is 6.92 Å². The molecule has 4 atom stereocenters. The zero-order chi connectivity index (χ0) is 11.8. The molecule has 0 fully saturated rings. The summed E-state index contributed by atoms with van der Waals surface area (Å²) in [6.45, 7) is 4.24. The van der Waals surface area contributed by atoms with Gasteiger partial charge in [-0.05, 0) is 13.3 Å². The maximum absolute atomic E-state index is 12.9. The van der Waals surface area contributed by atoms with Gasteiger partial charge >= 0.3 is 0 Å². The van der Waals surface area contributed by atoms with Crippen molar-refractivity contribution < 1.29 is 19.0 Å². The molecule has 1 N–H and O–H groups in total. The topological polar surface area (TPSA) is 38.7 Å². The molecule has 15 heavy (non-hydrogen) atoms. The minimum Gasteiger partial charge on any atom is -0.392 e. The average molecular weight is 222 g/mol. The van der Waals surface area contributed by atoms with Gasteiger partial charge in [-0.15, -0.1) is 0 Å². The van der Waals surface area contributed by atoms with Crippen LogP contribution in [0.25, 0.3) is 0 Å². The Morgan fingerprint density at radius 3 is 2.07 bits per heavy atom. The number of halogens is 1. The third kappa shape index (κ3) is 6.07. The lowest BCUT2D eigenvalue weighted by molar-refractivity contribution is -0.0185. The molecule has 0 aromatic carbocycles. The Morgan fingerprint density at radius 2 is 1.67 bits per heavy atom. The maximum atomic E-state index is 12.9. The van der Waals surface area contributed by atoms with Gasteiger partial charge in [0.2, 0.25) is 0 Å². The molecule has 0 aliphatic carbocycles. The number of ether oxygens (including phenoxy) is 2. The summed E-state index contributed by atoms with van der Waals surface area (Å²) in [5, 5.41) is 9.96. The van der Waals surface area contributed by atoms with E-state index in [0.717, 1.165) is 0 Å². The molecule has 0 aliphatic heterocycles. The van der Waals surface area contributed by atoms with Crippen molar-refractivity contribution in [3.63, 3.8) is 0 Å². The van der Waals surface area contributed by atoms with Crippen LogP contribution in [0.2, 0.25) is 0 Å². The van der Waals surface area contributed by atoms with Crippen LogP contribution in [0.15, 0.2) is 0 Å². The van der Waals surface area contributed by atoms with Crippen molar-refractivity contribution in [2.24, 2.45) is 11.8 Å². The zero-order valence-electron chi connectivity index (χ0n) is 10.1. The van der Waals surface area contributed by atoms with Crippen molar-refractivity contribution >= 4 is 0 Å². The quantitative estimate of drug-likeness (QED) is 0.678. The first-order chi connectivity index (χ1) is 7.02. The standard InChI is InChI=1S/C11H23FO3/c1-8(6-14-3)11(13)10(7-15-4)5-9(2)12/h8-11,13H,5-7H2,1-4H3. The van der Waals surface area contributed by atoms with Crippen LogP contribution in [-0.2, 0) is 9.47 Å². The summed E-state index contributed by atoms with van der Waals surface area (Å²) in [5.41, 5.74) is 0. The van der Waals surface area contributed by atoms with Gasteiger partial charge in [-0.2, -0.15) is 0 Å². The van der Waals surface area contributed by atoms with Gasteiger partial charge in [0.25, 0.3) is 0 Å². The number of rotatable bonds is 8. The molecule has 0 bridgehead atoms. The monoisotopic (exact) mass is 222 g/mol. The first-order valence-corrected chi connectivity index (χ1v) is 5.32. The number of hydrogen-bond acceptors (Lipinski definition) is 3. The largest absolute Gasteiger partial charge is 0.392 e. The summed E-state index contributed by atoms with van der Waals surface area (Å²) in [5.74, 6) is -0.172. The number of hydrogen-bond donors (Lipinski definition) is 1. The van der Waals surface area contributed by atoms with Gasteiger partial charge in [0.05, 0.1) is 25.5 Å². The Hall–Kier alpha value is -0.190. The lowest BCUT2D eigenvalue weighted by Crippen LogP contribution is -2.34. The van der Waals surface area contributed by atoms with E-state index in [-0.39, 0.29) is 11.8 Å². The van der Waals surface area contributed by atoms with Crippen molar-refractivity contribution in [1.82, 2.24) is 0 Å². The average Bonchev–Trinajstić information content (AvgIpc) is 2.16. The fourth-order valence-electron chi connectivity index (χ4n) is 1.76. The molecule has 3 nitrogen and oxygen atoms in total. The zero-order valence-corrected chi connectivity index (χ0v) is 10.1. The predicted octanol–water partition coefficient (Wildman–Crippen LogP) is 1.64. The number of alkyl halides is 1. The van der Waals surface area contributed by atoms with Gasteiger partial charge in [0.1, 0.15) is 0 Å². The number of aliphatic hydroxyl groups is 1. The van der Waals surface area contributed by atoms with E-state index in [1.807, 2.05) is 6.92 Å². The Kier molecular flexibility index (Phi) is 7.92. The Morgan fingerprint density at radius 1 is 1.13 bits per heavy atom. The second-order valence-electron chi connectivity index (χ2n) is 4.16. The third-order valence-corrected chi connectivity index (χ3v) is 2.50. The predicted molar refractivity (Wildman–Crippen MR) is 57.6 cm³/mol.